The maximum Gasteiger partial charge on any atom is 0.139 e. The molecule has 0 aliphatic rings. The van der Waals surface area contributed by atoms with Crippen molar-refractivity contribution >= 4 is 39.1 Å². The maximum atomic E-state index is 13.5. The minimum atomic E-state index is -0.323. The molecular weight excluding hydrogens is 342 g/mol. The molecule has 0 saturated carbocycles. The molecule has 94 valence electrons. The van der Waals surface area contributed by atoms with Gasteiger partial charge in [-0.25, -0.2) is 4.39 Å². The Hall–Kier alpha value is -0.770. The van der Waals surface area contributed by atoms with Gasteiger partial charge in [-0.3, -0.25) is 0 Å². The molecule has 2 rings (SSSR count). The lowest BCUT2D eigenvalue weighted by atomic mass is 10.2. The van der Waals surface area contributed by atoms with Crippen molar-refractivity contribution in [3.8, 4) is 5.75 Å². The molecule has 0 radical (unpaired) electrons. The third-order valence-electron chi connectivity index (χ3n) is 2.28. The molecular formula is C13H8BrCl2FO. The van der Waals surface area contributed by atoms with Crippen LogP contribution >= 0.6 is 39.1 Å². The van der Waals surface area contributed by atoms with Crippen LogP contribution in [0.3, 0.4) is 0 Å². The molecule has 0 aromatic heterocycles. The van der Waals surface area contributed by atoms with Crippen LogP contribution in [0.15, 0.2) is 40.9 Å². The van der Waals surface area contributed by atoms with Crippen LogP contribution in [0.25, 0.3) is 0 Å². The van der Waals surface area contributed by atoms with Crippen molar-refractivity contribution in [2.45, 2.75) is 6.61 Å². The largest absolute Gasteiger partial charge is 0.487 e. The van der Waals surface area contributed by atoms with Crippen LogP contribution in [0.1, 0.15) is 5.56 Å². The van der Waals surface area contributed by atoms with Crippen LogP contribution in [0.2, 0.25) is 10.0 Å². The zero-order valence-corrected chi connectivity index (χ0v) is 12.2. The van der Waals surface area contributed by atoms with Gasteiger partial charge in [0.15, 0.2) is 0 Å². The highest BCUT2D eigenvalue weighted by atomic mass is 79.9. The van der Waals surface area contributed by atoms with E-state index in [0.29, 0.717) is 21.4 Å². The molecule has 0 saturated heterocycles. The number of ether oxygens (including phenoxy) is 1. The first kappa shape index (κ1) is 13.7. The van der Waals surface area contributed by atoms with Crippen LogP contribution in [-0.4, -0.2) is 0 Å². The van der Waals surface area contributed by atoms with Gasteiger partial charge in [-0.1, -0.05) is 39.1 Å². The van der Waals surface area contributed by atoms with E-state index in [1.807, 2.05) is 0 Å². The van der Waals surface area contributed by atoms with E-state index in [9.17, 15) is 4.39 Å². The fraction of sp³-hybridized carbons (Fsp3) is 0.0769. The molecule has 0 heterocycles. The molecule has 0 aliphatic carbocycles. The van der Waals surface area contributed by atoms with Crippen LogP contribution in [-0.2, 0) is 6.61 Å². The second kappa shape index (κ2) is 5.91. The Morgan fingerprint density at radius 3 is 2.67 bits per heavy atom. The fourth-order valence-electron chi connectivity index (χ4n) is 1.40. The Morgan fingerprint density at radius 2 is 1.89 bits per heavy atom. The molecule has 0 atom stereocenters. The smallest absolute Gasteiger partial charge is 0.139 e. The van der Waals surface area contributed by atoms with Crippen molar-refractivity contribution < 1.29 is 9.13 Å². The molecule has 0 fully saturated rings. The van der Waals surface area contributed by atoms with E-state index in [1.165, 1.54) is 6.07 Å². The lowest BCUT2D eigenvalue weighted by Gasteiger charge is -2.09. The number of benzene rings is 2. The Balaban J connectivity index is 2.16. The first-order valence-corrected chi connectivity index (χ1v) is 6.63. The zero-order chi connectivity index (χ0) is 13.1. The maximum absolute atomic E-state index is 13.5. The highest BCUT2D eigenvalue weighted by Crippen LogP contribution is 2.28. The lowest BCUT2D eigenvalue weighted by Crippen LogP contribution is -1.99. The summed E-state index contributed by atoms with van der Waals surface area (Å²) < 4.78 is 19.7. The summed E-state index contributed by atoms with van der Waals surface area (Å²) in [5, 5.41) is 0.957. The standard InChI is InChI=1S/C13H8BrCl2FO/c14-9-1-4-12(17)8(5-9)7-18-13-6-10(15)2-3-11(13)16/h1-6H,7H2. The quantitative estimate of drug-likeness (QED) is 0.713. The highest BCUT2D eigenvalue weighted by Gasteiger charge is 2.06. The van der Waals surface area contributed by atoms with Crippen LogP contribution in [0.4, 0.5) is 4.39 Å². The van der Waals surface area contributed by atoms with Gasteiger partial charge in [-0.05, 0) is 30.3 Å². The summed E-state index contributed by atoms with van der Waals surface area (Å²) in [4.78, 5) is 0. The van der Waals surface area contributed by atoms with Crippen LogP contribution in [0.5, 0.6) is 5.75 Å². The Morgan fingerprint density at radius 1 is 1.11 bits per heavy atom. The third-order valence-corrected chi connectivity index (χ3v) is 3.32. The van der Waals surface area contributed by atoms with E-state index < -0.39 is 0 Å². The average Bonchev–Trinajstić information content (AvgIpc) is 2.34. The van der Waals surface area contributed by atoms with Gasteiger partial charge in [0, 0.05) is 21.1 Å². The van der Waals surface area contributed by atoms with Gasteiger partial charge in [0.1, 0.15) is 18.2 Å². The summed E-state index contributed by atoms with van der Waals surface area (Å²) in [6.45, 7) is 0.0886. The van der Waals surface area contributed by atoms with E-state index in [-0.39, 0.29) is 12.4 Å². The van der Waals surface area contributed by atoms with Crippen molar-refractivity contribution in [2.75, 3.05) is 0 Å². The topological polar surface area (TPSA) is 9.23 Å². The molecule has 2 aromatic carbocycles. The van der Waals surface area contributed by atoms with E-state index >= 15 is 0 Å². The van der Waals surface area contributed by atoms with Gasteiger partial charge in [0.2, 0.25) is 0 Å². The number of hydrogen-bond donors (Lipinski definition) is 0. The Labute approximate surface area is 123 Å². The fourth-order valence-corrected chi connectivity index (χ4v) is 2.14. The second-order valence-electron chi connectivity index (χ2n) is 3.60. The summed E-state index contributed by atoms with van der Waals surface area (Å²) in [7, 11) is 0. The molecule has 0 amide bonds. The second-order valence-corrected chi connectivity index (χ2v) is 5.36. The van der Waals surface area contributed by atoms with E-state index in [1.54, 1.807) is 30.3 Å². The predicted molar refractivity (Wildman–Crippen MR) is 74.9 cm³/mol. The Kier molecular flexibility index (Phi) is 4.49. The number of rotatable bonds is 3. The average molecular weight is 350 g/mol. The predicted octanol–water partition coefficient (Wildman–Crippen LogP) is 5.47. The van der Waals surface area contributed by atoms with Crippen LogP contribution < -0.4 is 4.74 Å². The van der Waals surface area contributed by atoms with Crippen molar-refractivity contribution in [1.29, 1.82) is 0 Å². The van der Waals surface area contributed by atoms with Crippen molar-refractivity contribution in [1.82, 2.24) is 0 Å². The Bertz CT molecular complexity index is 523. The minimum Gasteiger partial charge on any atom is -0.487 e. The molecule has 2 aromatic rings. The molecule has 0 N–H and O–H groups in total. The third kappa shape index (κ3) is 3.37. The summed E-state index contributed by atoms with van der Waals surface area (Å²) in [6.07, 6.45) is 0. The summed E-state index contributed by atoms with van der Waals surface area (Å²) >= 11 is 15.1. The van der Waals surface area contributed by atoms with Gasteiger partial charge < -0.3 is 4.74 Å². The number of halogens is 4. The number of hydrogen-bond acceptors (Lipinski definition) is 1. The SMILES string of the molecule is Fc1ccc(Br)cc1COc1cc(Cl)ccc1Cl. The zero-order valence-electron chi connectivity index (χ0n) is 9.09. The summed E-state index contributed by atoms with van der Waals surface area (Å²) in [5.41, 5.74) is 0.445. The molecule has 1 nitrogen and oxygen atoms in total. The van der Waals surface area contributed by atoms with Crippen molar-refractivity contribution in [3.63, 3.8) is 0 Å². The van der Waals surface area contributed by atoms with E-state index in [4.69, 9.17) is 27.9 Å². The molecule has 0 unspecified atom stereocenters. The first-order chi connectivity index (χ1) is 8.56. The van der Waals surface area contributed by atoms with Crippen molar-refractivity contribution in [2.24, 2.45) is 0 Å². The van der Waals surface area contributed by atoms with Crippen LogP contribution in [0, 0.1) is 5.82 Å². The first-order valence-electron chi connectivity index (χ1n) is 5.08. The molecule has 0 bridgehead atoms. The summed E-state index contributed by atoms with van der Waals surface area (Å²) in [5.74, 6) is 0.111. The van der Waals surface area contributed by atoms with Gasteiger partial charge in [0.05, 0.1) is 5.02 Å². The monoisotopic (exact) mass is 348 g/mol. The van der Waals surface area contributed by atoms with Crippen molar-refractivity contribution in [3.05, 3.63) is 62.3 Å². The highest BCUT2D eigenvalue weighted by molar-refractivity contribution is 9.10. The van der Waals surface area contributed by atoms with Gasteiger partial charge in [-0.15, -0.1) is 0 Å². The summed E-state index contributed by atoms with van der Waals surface area (Å²) in [6, 6.07) is 9.56. The van der Waals surface area contributed by atoms with Gasteiger partial charge >= 0.3 is 0 Å². The van der Waals surface area contributed by atoms with Gasteiger partial charge in [-0.2, -0.15) is 0 Å². The minimum absolute atomic E-state index is 0.0886. The van der Waals surface area contributed by atoms with E-state index in [2.05, 4.69) is 15.9 Å². The molecule has 0 spiro atoms. The molecule has 5 heteroatoms. The van der Waals surface area contributed by atoms with Gasteiger partial charge in [0.25, 0.3) is 0 Å². The molecule has 18 heavy (non-hydrogen) atoms. The lowest BCUT2D eigenvalue weighted by molar-refractivity contribution is 0.300. The normalized spacial score (nSPS) is 10.4. The van der Waals surface area contributed by atoms with E-state index in [0.717, 1.165) is 4.47 Å². The molecule has 0 aliphatic heterocycles.